The van der Waals surface area contributed by atoms with Crippen LogP contribution in [0, 0.1) is 5.92 Å². The van der Waals surface area contributed by atoms with Crippen LogP contribution < -0.4 is 14.8 Å². The van der Waals surface area contributed by atoms with Gasteiger partial charge in [0.25, 0.3) is 0 Å². The Labute approximate surface area is 122 Å². The molecule has 1 N–H and O–H groups in total. The maximum atomic E-state index is 5.57. The molecule has 1 aromatic carbocycles. The number of nitrogens with one attached hydrogen (secondary N) is 1. The average Bonchev–Trinajstić information content (AvgIpc) is 2.92. The third kappa shape index (κ3) is 3.26. The molecule has 1 aliphatic carbocycles. The number of hydrogen-bond donors (Lipinski definition) is 1. The lowest BCUT2D eigenvalue weighted by molar-refractivity contribution is 0.359. The molecule has 0 heterocycles. The first kappa shape index (κ1) is 15.2. The highest BCUT2D eigenvalue weighted by Crippen LogP contribution is 2.46. The molecular weight excluding hydrogens is 250 g/mol. The Hall–Kier alpha value is -1.22. The van der Waals surface area contributed by atoms with Crippen LogP contribution in [0.5, 0.6) is 11.5 Å². The van der Waals surface area contributed by atoms with Gasteiger partial charge >= 0.3 is 0 Å². The minimum absolute atomic E-state index is 0.535. The van der Waals surface area contributed by atoms with E-state index in [1.54, 1.807) is 14.2 Å². The monoisotopic (exact) mass is 277 g/mol. The van der Waals surface area contributed by atoms with Crippen LogP contribution in [-0.2, 0) is 0 Å². The van der Waals surface area contributed by atoms with Gasteiger partial charge in [-0.3, -0.25) is 0 Å². The summed E-state index contributed by atoms with van der Waals surface area (Å²) in [5, 5.41) is 3.58. The van der Waals surface area contributed by atoms with Crippen LogP contribution in [-0.4, -0.2) is 26.8 Å². The molecule has 0 bridgehead atoms. The maximum Gasteiger partial charge on any atom is 0.126 e. The molecule has 0 aliphatic heterocycles. The topological polar surface area (TPSA) is 30.5 Å². The van der Waals surface area contributed by atoms with E-state index >= 15 is 0 Å². The largest absolute Gasteiger partial charge is 0.496 e. The van der Waals surface area contributed by atoms with E-state index in [1.807, 2.05) is 18.2 Å². The molecular formula is C17H27NO2. The van der Waals surface area contributed by atoms with Crippen molar-refractivity contribution in [3.8, 4) is 11.5 Å². The summed E-state index contributed by atoms with van der Waals surface area (Å²) in [6.45, 7) is 5.48. The van der Waals surface area contributed by atoms with Crippen molar-refractivity contribution in [3.05, 3.63) is 23.8 Å². The predicted molar refractivity (Wildman–Crippen MR) is 82.8 cm³/mol. The molecule has 1 fully saturated rings. The van der Waals surface area contributed by atoms with Gasteiger partial charge < -0.3 is 14.8 Å². The molecule has 2 rings (SSSR count). The zero-order valence-electron chi connectivity index (χ0n) is 13.1. The second-order valence-corrected chi connectivity index (χ2v) is 5.94. The Kier molecular flexibility index (Phi) is 5.30. The highest BCUT2D eigenvalue weighted by molar-refractivity contribution is 5.48. The van der Waals surface area contributed by atoms with Crippen LogP contribution in [0.15, 0.2) is 18.2 Å². The van der Waals surface area contributed by atoms with Gasteiger partial charge in [-0.15, -0.1) is 0 Å². The smallest absolute Gasteiger partial charge is 0.126 e. The van der Waals surface area contributed by atoms with E-state index < -0.39 is 0 Å². The fourth-order valence-electron chi connectivity index (χ4n) is 3.29. The van der Waals surface area contributed by atoms with E-state index in [2.05, 4.69) is 19.2 Å². The fraction of sp³-hybridized carbons (Fsp3) is 0.647. The normalized spacial score (nSPS) is 22.2. The first-order chi connectivity index (χ1) is 9.67. The predicted octanol–water partition coefficient (Wildman–Crippen LogP) is 3.59. The van der Waals surface area contributed by atoms with E-state index in [1.165, 1.54) is 24.8 Å². The Morgan fingerprint density at radius 1 is 1.15 bits per heavy atom. The van der Waals surface area contributed by atoms with E-state index in [-0.39, 0.29) is 0 Å². The van der Waals surface area contributed by atoms with Crippen LogP contribution in [0.4, 0.5) is 0 Å². The quantitative estimate of drug-likeness (QED) is 0.862. The summed E-state index contributed by atoms with van der Waals surface area (Å²) in [6.07, 6.45) is 3.79. The van der Waals surface area contributed by atoms with Crippen LogP contribution in [0.3, 0.4) is 0 Å². The summed E-state index contributed by atoms with van der Waals surface area (Å²) in [7, 11) is 3.49. The van der Waals surface area contributed by atoms with Gasteiger partial charge in [0, 0.05) is 11.6 Å². The van der Waals surface area contributed by atoms with Gasteiger partial charge in [0.2, 0.25) is 0 Å². The first-order valence-electron chi connectivity index (χ1n) is 7.61. The van der Waals surface area contributed by atoms with Crippen molar-refractivity contribution < 1.29 is 9.47 Å². The lowest BCUT2D eigenvalue weighted by Crippen LogP contribution is -2.30. The second kappa shape index (κ2) is 6.98. The number of rotatable bonds is 6. The maximum absolute atomic E-state index is 5.57. The third-order valence-corrected chi connectivity index (χ3v) is 4.28. The van der Waals surface area contributed by atoms with Gasteiger partial charge in [0.1, 0.15) is 11.5 Å². The van der Waals surface area contributed by atoms with Crippen molar-refractivity contribution >= 4 is 0 Å². The van der Waals surface area contributed by atoms with E-state index in [0.29, 0.717) is 17.9 Å². The lowest BCUT2D eigenvalue weighted by Gasteiger charge is -2.25. The minimum Gasteiger partial charge on any atom is -0.496 e. The summed E-state index contributed by atoms with van der Waals surface area (Å²) >= 11 is 0. The van der Waals surface area contributed by atoms with Crippen molar-refractivity contribution in [1.82, 2.24) is 5.32 Å². The molecule has 2 unspecified atom stereocenters. The Bertz CT molecular complexity index is 409. The molecule has 1 aromatic rings. The summed E-state index contributed by atoms with van der Waals surface area (Å²) in [5.74, 6) is 3.13. The van der Waals surface area contributed by atoms with Crippen molar-refractivity contribution in [2.75, 3.05) is 20.8 Å². The molecule has 112 valence electrons. The minimum atomic E-state index is 0.535. The van der Waals surface area contributed by atoms with E-state index in [9.17, 15) is 0 Å². The fourth-order valence-corrected chi connectivity index (χ4v) is 3.29. The Morgan fingerprint density at radius 2 is 1.80 bits per heavy atom. The van der Waals surface area contributed by atoms with Gasteiger partial charge in [-0.1, -0.05) is 26.3 Å². The molecule has 0 spiro atoms. The third-order valence-electron chi connectivity index (χ3n) is 4.28. The van der Waals surface area contributed by atoms with Crippen LogP contribution in [0.2, 0.25) is 0 Å². The lowest BCUT2D eigenvalue weighted by atomic mass is 9.87. The molecule has 0 aromatic heterocycles. The number of benzene rings is 1. The Balaban J connectivity index is 2.24. The first-order valence-corrected chi connectivity index (χ1v) is 7.61. The summed E-state index contributed by atoms with van der Waals surface area (Å²) in [6, 6.07) is 6.62. The zero-order valence-corrected chi connectivity index (χ0v) is 13.1. The molecule has 3 heteroatoms. The van der Waals surface area contributed by atoms with Crippen molar-refractivity contribution in [1.29, 1.82) is 0 Å². The summed E-state index contributed by atoms with van der Waals surface area (Å²) < 4.78 is 11.1. The zero-order chi connectivity index (χ0) is 14.5. The molecule has 0 amide bonds. The molecule has 0 saturated heterocycles. The molecule has 3 nitrogen and oxygen atoms in total. The highest BCUT2D eigenvalue weighted by atomic mass is 16.5. The molecule has 0 radical (unpaired) electrons. The molecule has 1 saturated carbocycles. The standard InChI is InChI=1S/C17H27NO2/c1-12(2)18-11-13-7-5-8-14(13)17-15(19-3)9-6-10-16(17)20-4/h6,9-10,12-14,18H,5,7-8,11H2,1-4H3. The van der Waals surface area contributed by atoms with Crippen molar-refractivity contribution in [3.63, 3.8) is 0 Å². The van der Waals surface area contributed by atoms with Gasteiger partial charge in [-0.2, -0.15) is 0 Å². The van der Waals surface area contributed by atoms with Crippen LogP contribution >= 0.6 is 0 Å². The van der Waals surface area contributed by atoms with Crippen LogP contribution in [0.25, 0.3) is 0 Å². The number of hydrogen-bond acceptors (Lipinski definition) is 3. The summed E-state index contributed by atoms with van der Waals surface area (Å²) in [5.41, 5.74) is 1.26. The highest BCUT2D eigenvalue weighted by Gasteiger charge is 2.32. The number of methoxy groups -OCH3 is 2. The SMILES string of the molecule is COc1cccc(OC)c1C1CCCC1CNC(C)C. The van der Waals surface area contributed by atoms with E-state index in [4.69, 9.17) is 9.47 Å². The number of ether oxygens (including phenoxy) is 2. The van der Waals surface area contributed by atoms with E-state index in [0.717, 1.165) is 18.0 Å². The molecule has 1 aliphatic rings. The Morgan fingerprint density at radius 3 is 2.35 bits per heavy atom. The second-order valence-electron chi connectivity index (χ2n) is 5.94. The average molecular weight is 277 g/mol. The van der Waals surface area contributed by atoms with Gasteiger partial charge in [-0.05, 0) is 43.4 Å². The van der Waals surface area contributed by atoms with Gasteiger partial charge in [0.05, 0.1) is 14.2 Å². The van der Waals surface area contributed by atoms with Crippen molar-refractivity contribution in [2.45, 2.75) is 45.1 Å². The summed E-state index contributed by atoms with van der Waals surface area (Å²) in [4.78, 5) is 0. The molecule has 20 heavy (non-hydrogen) atoms. The van der Waals surface area contributed by atoms with Gasteiger partial charge in [-0.25, -0.2) is 0 Å². The van der Waals surface area contributed by atoms with Crippen molar-refractivity contribution in [2.24, 2.45) is 5.92 Å². The van der Waals surface area contributed by atoms with Crippen LogP contribution in [0.1, 0.15) is 44.6 Å². The van der Waals surface area contributed by atoms with Gasteiger partial charge in [0.15, 0.2) is 0 Å². The molecule has 2 atom stereocenters.